The molecule has 2 bridgehead atoms. The SMILES string of the molecule is O=C(O)C1CCCC2C3CC(CN12)C1CCCC[NH+]1C3. The standard InChI is InChI=1S/C16H26N2O2/c19-16(20)15-6-3-5-14-11-8-12(10-18(14)15)13-4-1-2-7-17(13)9-11/h11-15H,1-10H2,(H,19,20)/p+1. The first kappa shape index (κ1) is 13.1. The van der Waals surface area contributed by atoms with Gasteiger partial charge in [0, 0.05) is 24.4 Å². The number of rotatable bonds is 1. The molecule has 4 aliphatic heterocycles. The number of hydrogen-bond acceptors (Lipinski definition) is 2. The van der Waals surface area contributed by atoms with Crippen LogP contribution in [0.15, 0.2) is 0 Å². The van der Waals surface area contributed by atoms with Crippen molar-refractivity contribution in [3.63, 3.8) is 0 Å². The number of hydrogen-bond donors (Lipinski definition) is 2. The number of carboxylic acids is 1. The summed E-state index contributed by atoms with van der Waals surface area (Å²) in [6, 6.07) is 1.21. The topological polar surface area (TPSA) is 45.0 Å². The van der Waals surface area contributed by atoms with Gasteiger partial charge in [-0.25, -0.2) is 0 Å². The molecule has 6 atom stereocenters. The van der Waals surface area contributed by atoms with Gasteiger partial charge in [0.1, 0.15) is 6.04 Å². The first-order chi connectivity index (χ1) is 9.74. The third-order valence-electron chi connectivity index (χ3n) is 6.56. The van der Waals surface area contributed by atoms with E-state index in [1.165, 1.54) is 45.2 Å². The van der Waals surface area contributed by atoms with E-state index in [0.717, 1.165) is 37.3 Å². The zero-order valence-corrected chi connectivity index (χ0v) is 12.3. The summed E-state index contributed by atoms with van der Waals surface area (Å²) in [6.45, 7) is 3.74. The van der Waals surface area contributed by atoms with Crippen LogP contribution in [-0.4, -0.2) is 53.7 Å². The zero-order chi connectivity index (χ0) is 13.7. The van der Waals surface area contributed by atoms with Gasteiger partial charge in [0.2, 0.25) is 0 Å². The Balaban J connectivity index is 1.58. The normalized spacial score (nSPS) is 48.2. The maximum Gasteiger partial charge on any atom is 0.320 e. The maximum atomic E-state index is 11.6. The van der Waals surface area contributed by atoms with E-state index in [0.29, 0.717) is 6.04 Å². The Kier molecular flexibility index (Phi) is 3.26. The van der Waals surface area contributed by atoms with E-state index in [-0.39, 0.29) is 6.04 Å². The van der Waals surface area contributed by atoms with E-state index in [2.05, 4.69) is 4.90 Å². The molecule has 0 radical (unpaired) electrons. The quantitative estimate of drug-likeness (QED) is 0.729. The molecule has 20 heavy (non-hydrogen) atoms. The van der Waals surface area contributed by atoms with E-state index < -0.39 is 5.97 Å². The summed E-state index contributed by atoms with van der Waals surface area (Å²) < 4.78 is 0. The van der Waals surface area contributed by atoms with Crippen LogP contribution in [0, 0.1) is 11.8 Å². The van der Waals surface area contributed by atoms with Gasteiger partial charge in [0.15, 0.2) is 0 Å². The number of aliphatic carboxylic acids is 1. The van der Waals surface area contributed by atoms with Crippen LogP contribution in [0.2, 0.25) is 0 Å². The number of nitrogens with zero attached hydrogens (tertiary/aromatic N) is 1. The van der Waals surface area contributed by atoms with Crippen molar-refractivity contribution >= 4 is 5.97 Å². The molecule has 0 aliphatic carbocycles. The molecule has 0 aromatic rings. The smallest absolute Gasteiger partial charge is 0.320 e. The molecular weight excluding hydrogens is 252 g/mol. The first-order valence-electron chi connectivity index (χ1n) is 8.57. The molecule has 4 saturated heterocycles. The number of piperidine rings is 4. The Hall–Kier alpha value is -0.610. The van der Waals surface area contributed by atoms with Gasteiger partial charge < -0.3 is 10.0 Å². The summed E-state index contributed by atoms with van der Waals surface area (Å²) in [5.74, 6) is 0.947. The highest BCUT2D eigenvalue weighted by molar-refractivity contribution is 5.73. The van der Waals surface area contributed by atoms with Gasteiger partial charge in [0.05, 0.1) is 19.1 Å². The highest BCUT2D eigenvalue weighted by atomic mass is 16.4. The molecule has 112 valence electrons. The van der Waals surface area contributed by atoms with Gasteiger partial charge in [-0.1, -0.05) is 0 Å². The van der Waals surface area contributed by atoms with Crippen molar-refractivity contribution in [3.05, 3.63) is 0 Å². The van der Waals surface area contributed by atoms with E-state index in [4.69, 9.17) is 0 Å². The fourth-order valence-corrected chi connectivity index (χ4v) is 5.78. The molecule has 0 amide bonds. The Bertz CT molecular complexity index is 400. The first-order valence-corrected chi connectivity index (χ1v) is 8.57. The van der Waals surface area contributed by atoms with E-state index in [1.807, 2.05) is 4.90 Å². The lowest BCUT2D eigenvalue weighted by molar-refractivity contribution is -0.945. The van der Waals surface area contributed by atoms with E-state index >= 15 is 0 Å². The average molecular weight is 279 g/mol. The van der Waals surface area contributed by atoms with E-state index in [9.17, 15) is 9.90 Å². The van der Waals surface area contributed by atoms with Crippen molar-refractivity contribution in [2.45, 2.75) is 63.1 Å². The number of nitrogens with one attached hydrogen (secondary N) is 1. The van der Waals surface area contributed by atoms with Crippen LogP contribution in [0.4, 0.5) is 0 Å². The highest BCUT2D eigenvalue weighted by Crippen LogP contribution is 2.39. The van der Waals surface area contributed by atoms with Gasteiger partial charge in [0.25, 0.3) is 0 Å². The summed E-state index contributed by atoms with van der Waals surface area (Å²) >= 11 is 0. The van der Waals surface area contributed by atoms with Crippen LogP contribution in [0.3, 0.4) is 0 Å². The Labute approximate surface area is 121 Å². The van der Waals surface area contributed by atoms with Gasteiger partial charge >= 0.3 is 5.97 Å². The molecule has 6 unspecified atom stereocenters. The molecule has 0 aromatic heterocycles. The number of carboxylic acid groups (broad SMARTS) is 1. The molecule has 0 spiro atoms. The maximum absolute atomic E-state index is 11.6. The molecular formula is C16H27N2O2+. The second-order valence-corrected chi connectivity index (χ2v) is 7.52. The number of fused-ring (bicyclic) bond motifs is 6. The van der Waals surface area contributed by atoms with Crippen LogP contribution >= 0.6 is 0 Å². The van der Waals surface area contributed by atoms with Crippen LogP contribution in [0.1, 0.15) is 44.9 Å². The average Bonchev–Trinajstić information content (AvgIpc) is 2.47. The lowest BCUT2D eigenvalue weighted by atomic mass is 9.70. The lowest BCUT2D eigenvalue weighted by Gasteiger charge is -2.56. The van der Waals surface area contributed by atoms with Crippen molar-refractivity contribution in [2.24, 2.45) is 11.8 Å². The summed E-state index contributed by atoms with van der Waals surface area (Å²) in [4.78, 5) is 15.8. The molecule has 0 saturated carbocycles. The summed E-state index contributed by atoms with van der Waals surface area (Å²) in [5, 5.41) is 9.53. The van der Waals surface area contributed by atoms with Gasteiger partial charge in [-0.2, -0.15) is 0 Å². The Morgan fingerprint density at radius 2 is 2.00 bits per heavy atom. The molecule has 0 aromatic carbocycles. The summed E-state index contributed by atoms with van der Waals surface area (Å²) in [5.41, 5.74) is 0. The zero-order valence-electron chi connectivity index (χ0n) is 12.3. The lowest BCUT2D eigenvalue weighted by Crippen LogP contribution is -3.19. The second-order valence-electron chi connectivity index (χ2n) is 7.52. The molecule has 4 rings (SSSR count). The van der Waals surface area contributed by atoms with E-state index in [1.54, 1.807) is 0 Å². The molecule has 4 heteroatoms. The molecule has 4 aliphatic rings. The van der Waals surface area contributed by atoms with Crippen molar-refractivity contribution in [2.75, 3.05) is 19.6 Å². The minimum atomic E-state index is -0.581. The fraction of sp³-hybridized carbons (Fsp3) is 0.938. The van der Waals surface area contributed by atoms with Crippen LogP contribution in [0.25, 0.3) is 0 Å². The molecule has 4 heterocycles. The number of carbonyl (C=O) groups is 1. The minimum absolute atomic E-state index is 0.191. The van der Waals surface area contributed by atoms with Crippen molar-refractivity contribution in [3.8, 4) is 0 Å². The van der Waals surface area contributed by atoms with Gasteiger partial charge in [-0.05, 0) is 44.9 Å². The summed E-state index contributed by atoms with van der Waals surface area (Å²) in [7, 11) is 0. The van der Waals surface area contributed by atoms with Gasteiger partial charge in [-0.3, -0.25) is 9.69 Å². The molecule has 4 fully saturated rings. The Morgan fingerprint density at radius 1 is 1.10 bits per heavy atom. The number of quaternary nitrogens is 1. The van der Waals surface area contributed by atoms with Crippen molar-refractivity contribution in [1.82, 2.24) is 4.90 Å². The molecule has 4 nitrogen and oxygen atoms in total. The molecule has 2 N–H and O–H groups in total. The predicted molar refractivity (Wildman–Crippen MR) is 75.7 cm³/mol. The minimum Gasteiger partial charge on any atom is -0.480 e. The largest absolute Gasteiger partial charge is 0.480 e. The fourth-order valence-electron chi connectivity index (χ4n) is 5.78. The second kappa shape index (κ2) is 4.99. The third-order valence-corrected chi connectivity index (χ3v) is 6.56. The van der Waals surface area contributed by atoms with Crippen LogP contribution in [-0.2, 0) is 4.79 Å². The van der Waals surface area contributed by atoms with Gasteiger partial charge in [-0.15, -0.1) is 0 Å². The van der Waals surface area contributed by atoms with Crippen molar-refractivity contribution in [1.29, 1.82) is 0 Å². The monoisotopic (exact) mass is 279 g/mol. The third kappa shape index (κ3) is 2.00. The van der Waals surface area contributed by atoms with Crippen molar-refractivity contribution < 1.29 is 14.8 Å². The van der Waals surface area contributed by atoms with Crippen LogP contribution in [0.5, 0.6) is 0 Å². The Morgan fingerprint density at radius 3 is 2.85 bits per heavy atom. The highest BCUT2D eigenvalue weighted by Gasteiger charge is 2.51. The van der Waals surface area contributed by atoms with Crippen LogP contribution < -0.4 is 4.90 Å². The summed E-state index contributed by atoms with van der Waals surface area (Å²) in [6.07, 6.45) is 8.76. The predicted octanol–water partition coefficient (Wildman–Crippen LogP) is 0.381.